The lowest BCUT2D eigenvalue weighted by Gasteiger charge is -2.32. The largest absolute Gasteiger partial charge is 0.481 e. The van der Waals surface area contributed by atoms with Gasteiger partial charge in [0, 0.05) is 13.1 Å². The Kier molecular flexibility index (Phi) is 16.1. The molecule has 0 bridgehead atoms. The van der Waals surface area contributed by atoms with Gasteiger partial charge in [-0.25, -0.2) is 9.59 Å². The SMILES string of the molecule is CCC(CC)NC(=O)N[C@H](C(=O)NC(CC(=O)NC)C(=O)N[C@@H](CC(=O)O)C(=O)N[C@@H](CC(C)C)C(=O)O)C(C)(C)C. The van der Waals surface area contributed by atoms with Gasteiger partial charge in [0.15, 0.2) is 0 Å². The number of aliphatic carboxylic acids is 2. The number of urea groups is 1. The smallest absolute Gasteiger partial charge is 0.326 e. The van der Waals surface area contributed by atoms with Gasteiger partial charge in [0.05, 0.1) is 12.8 Å². The predicted octanol–water partition coefficient (Wildman–Crippen LogP) is 0.0848. The number of amides is 6. The molecule has 42 heavy (non-hydrogen) atoms. The van der Waals surface area contributed by atoms with Crippen LogP contribution in [0.2, 0.25) is 0 Å². The molecule has 0 aromatic heterocycles. The van der Waals surface area contributed by atoms with Gasteiger partial charge in [-0.05, 0) is 30.6 Å². The molecule has 0 aliphatic carbocycles. The van der Waals surface area contributed by atoms with Crippen LogP contribution in [0.1, 0.15) is 80.6 Å². The average Bonchev–Trinajstić information content (AvgIpc) is 2.87. The van der Waals surface area contributed by atoms with E-state index < -0.39 is 84.0 Å². The molecule has 0 saturated carbocycles. The molecule has 0 radical (unpaired) electrons. The van der Waals surface area contributed by atoms with Crippen LogP contribution in [0.4, 0.5) is 4.79 Å². The van der Waals surface area contributed by atoms with Crippen molar-refractivity contribution < 1.29 is 43.8 Å². The van der Waals surface area contributed by atoms with E-state index >= 15 is 0 Å². The Morgan fingerprint density at radius 3 is 1.57 bits per heavy atom. The number of carbonyl (C=O) groups is 7. The molecule has 1 unspecified atom stereocenters. The second-order valence-corrected chi connectivity index (χ2v) is 11.6. The van der Waals surface area contributed by atoms with Gasteiger partial charge in [-0.2, -0.15) is 0 Å². The highest BCUT2D eigenvalue weighted by atomic mass is 16.4. The maximum atomic E-state index is 13.4. The third-order valence-electron chi connectivity index (χ3n) is 6.36. The number of carboxylic acids is 2. The van der Waals surface area contributed by atoms with Crippen molar-refractivity contribution in [1.82, 2.24) is 31.9 Å². The molecular formula is C27H48N6O9. The summed E-state index contributed by atoms with van der Waals surface area (Å²) in [6.07, 6.45) is -0.0803. The molecule has 0 spiro atoms. The highest BCUT2D eigenvalue weighted by Gasteiger charge is 2.37. The summed E-state index contributed by atoms with van der Waals surface area (Å²) in [5, 5.41) is 33.4. The first-order valence-corrected chi connectivity index (χ1v) is 14.0. The minimum Gasteiger partial charge on any atom is -0.481 e. The fourth-order valence-electron chi connectivity index (χ4n) is 3.90. The van der Waals surface area contributed by atoms with Crippen molar-refractivity contribution in [3.63, 3.8) is 0 Å². The van der Waals surface area contributed by atoms with Crippen LogP contribution < -0.4 is 31.9 Å². The van der Waals surface area contributed by atoms with Gasteiger partial charge in [-0.1, -0.05) is 48.5 Å². The Labute approximate surface area is 246 Å². The van der Waals surface area contributed by atoms with Gasteiger partial charge >= 0.3 is 18.0 Å². The maximum Gasteiger partial charge on any atom is 0.326 e. The Morgan fingerprint density at radius 2 is 1.17 bits per heavy atom. The molecule has 0 fully saturated rings. The van der Waals surface area contributed by atoms with Crippen molar-refractivity contribution in [3.05, 3.63) is 0 Å². The van der Waals surface area contributed by atoms with E-state index in [4.69, 9.17) is 0 Å². The summed E-state index contributed by atoms with van der Waals surface area (Å²) >= 11 is 0. The predicted molar refractivity (Wildman–Crippen MR) is 153 cm³/mol. The van der Waals surface area contributed by atoms with Crippen LogP contribution in [-0.4, -0.2) is 89.1 Å². The van der Waals surface area contributed by atoms with Crippen LogP contribution in [0.5, 0.6) is 0 Å². The summed E-state index contributed by atoms with van der Waals surface area (Å²) < 4.78 is 0. The third-order valence-corrected chi connectivity index (χ3v) is 6.36. The molecule has 15 nitrogen and oxygen atoms in total. The lowest BCUT2D eigenvalue weighted by molar-refractivity contribution is -0.144. The van der Waals surface area contributed by atoms with Crippen molar-refractivity contribution in [2.24, 2.45) is 11.3 Å². The normalized spacial score (nSPS) is 14.1. The highest BCUT2D eigenvalue weighted by molar-refractivity contribution is 5.98. The molecule has 0 aromatic rings. The van der Waals surface area contributed by atoms with E-state index in [1.54, 1.807) is 34.6 Å². The summed E-state index contributed by atoms with van der Waals surface area (Å²) in [6, 6.07) is -6.50. The first-order valence-electron chi connectivity index (χ1n) is 14.0. The van der Waals surface area contributed by atoms with Crippen molar-refractivity contribution in [2.45, 2.75) is 111 Å². The van der Waals surface area contributed by atoms with Gasteiger partial charge < -0.3 is 42.1 Å². The van der Waals surface area contributed by atoms with Crippen molar-refractivity contribution >= 4 is 41.6 Å². The molecule has 6 amide bonds. The van der Waals surface area contributed by atoms with Gasteiger partial charge in [0.25, 0.3) is 0 Å². The quantitative estimate of drug-likeness (QED) is 0.113. The molecule has 8 N–H and O–H groups in total. The summed E-state index contributed by atoms with van der Waals surface area (Å²) in [6.45, 7) is 12.3. The molecule has 0 saturated heterocycles. The summed E-state index contributed by atoms with van der Waals surface area (Å²) in [7, 11) is 1.31. The molecule has 4 atom stereocenters. The minimum absolute atomic E-state index is 0.0518. The Balaban J connectivity index is 6.04. The monoisotopic (exact) mass is 600 g/mol. The van der Waals surface area contributed by atoms with Crippen molar-refractivity contribution in [3.8, 4) is 0 Å². The number of rotatable bonds is 17. The Bertz CT molecular complexity index is 976. The summed E-state index contributed by atoms with van der Waals surface area (Å²) in [5.41, 5.74) is -0.836. The van der Waals surface area contributed by atoms with Gasteiger partial charge in [-0.3, -0.25) is 24.0 Å². The standard InChI is InChI=1S/C27H48N6O9/c1-9-15(10-2)29-26(42)33-21(27(5,6)7)24(39)31-16(12-19(34)28-8)22(37)30-17(13-20(35)36)23(38)32-18(25(40)41)11-14(3)4/h14-18,21H,9-13H2,1-8H3,(H,28,34)(H,30,37)(H,31,39)(H,32,38)(H,35,36)(H,40,41)(H2,29,33,42)/t16?,17-,18-,21+/m0/s1. The second kappa shape index (κ2) is 17.8. The number of carbonyl (C=O) groups excluding carboxylic acids is 5. The Hall–Kier alpha value is -3.91. The van der Waals surface area contributed by atoms with Gasteiger partial charge in [0.1, 0.15) is 24.2 Å². The van der Waals surface area contributed by atoms with E-state index in [0.717, 1.165) is 0 Å². The van der Waals surface area contributed by atoms with Crippen LogP contribution in [0.25, 0.3) is 0 Å². The number of hydrogen-bond acceptors (Lipinski definition) is 7. The zero-order valence-electron chi connectivity index (χ0n) is 25.8. The zero-order chi connectivity index (χ0) is 32.8. The molecule has 0 rings (SSSR count). The minimum atomic E-state index is -1.71. The average molecular weight is 601 g/mol. The summed E-state index contributed by atoms with van der Waals surface area (Å²) in [4.78, 5) is 87.3. The summed E-state index contributed by atoms with van der Waals surface area (Å²) in [5.74, 6) is -6.48. The van der Waals surface area contributed by atoms with E-state index in [1.165, 1.54) is 7.05 Å². The molecule has 0 aliphatic heterocycles. The molecule has 0 aromatic carbocycles. The fraction of sp³-hybridized carbons (Fsp3) is 0.741. The van der Waals surface area contributed by atoms with E-state index in [9.17, 15) is 43.8 Å². The van der Waals surface area contributed by atoms with E-state index in [0.29, 0.717) is 12.8 Å². The maximum absolute atomic E-state index is 13.4. The van der Waals surface area contributed by atoms with E-state index in [-0.39, 0.29) is 18.4 Å². The van der Waals surface area contributed by atoms with Crippen LogP contribution in [0.15, 0.2) is 0 Å². The fourth-order valence-corrected chi connectivity index (χ4v) is 3.90. The van der Waals surface area contributed by atoms with Crippen LogP contribution >= 0.6 is 0 Å². The number of carboxylic acid groups (broad SMARTS) is 2. The molecular weight excluding hydrogens is 552 g/mol. The number of nitrogens with one attached hydrogen (secondary N) is 6. The van der Waals surface area contributed by atoms with Crippen molar-refractivity contribution in [2.75, 3.05) is 7.05 Å². The first kappa shape index (κ1) is 38.1. The zero-order valence-corrected chi connectivity index (χ0v) is 25.8. The highest BCUT2D eigenvalue weighted by Crippen LogP contribution is 2.20. The van der Waals surface area contributed by atoms with E-state index in [2.05, 4.69) is 31.9 Å². The van der Waals surface area contributed by atoms with Gasteiger partial charge in [-0.15, -0.1) is 0 Å². The second-order valence-electron chi connectivity index (χ2n) is 11.6. The Morgan fingerprint density at radius 1 is 0.690 bits per heavy atom. The molecule has 0 heterocycles. The topological polar surface area (TPSA) is 232 Å². The lowest BCUT2D eigenvalue weighted by Crippen LogP contribution is -2.61. The van der Waals surface area contributed by atoms with E-state index in [1.807, 2.05) is 13.8 Å². The van der Waals surface area contributed by atoms with Crippen LogP contribution in [-0.2, 0) is 28.8 Å². The molecule has 0 aliphatic rings. The lowest BCUT2D eigenvalue weighted by atomic mass is 9.86. The molecule has 15 heteroatoms. The van der Waals surface area contributed by atoms with Gasteiger partial charge in [0.2, 0.25) is 23.6 Å². The number of hydrogen-bond donors (Lipinski definition) is 8. The molecule has 240 valence electrons. The van der Waals surface area contributed by atoms with Crippen LogP contribution in [0.3, 0.4) is 0 Å². The third kappa shape index (κ3) is 14.1. The van der Waals surface area contributed by atoms with Crippen molar-refractivity contribution in [1.29, 1.82) is 0 Å². The van der Waals surface area contributed by atoms with Crippen LogP contribution in [0, 0.1) is 11.3 Å². The first-order chi connectivity index (χ1) is 19.4.